The van der Waals surface area contributed by atoms with Gasteiger partial charge in [0, 0.05) is 6.54 Å². The van der Waals surface area contributed by atoms with Crippen LogP contribution in [0.2, 0.25) is 0 Å². The van der Waals surface area contributed by atoms with Crippen LogP contribution in [0.25, 0.3) is 0 Å². The molecule has 2 rings (SSSR count). The van der Waals surface area contributed by atoms with Crippen molar-refractivity contribution in [3.63, 3.8) is 0 Å². The highest BCUT2D eigenvalue weighted by molar-refractivity contribution is 5.97. The first-order valence-electron chi connectivity index (χ1n) is 5.90. The predicted molar refractivity (Wildman–Crippen MR) is 72.3 cm³/mol. The van der Waals surface area contributed by atoms with Gasteiger partial charge in [-0.2, -0.15) is 0 Å². The van der Waals surface area contributed by atoms with Crippen LogP contribution in [0, 0.1) is 0 Å². The van der Waals surface area contributed by atoms with Crippen molar-refractivity contribution in [1.29, 1.82) is 0 Å². The second-order valence-corrected chi connectivity index (χ2v) is 4.05. The Morgan fingerprint density at radius 3 is 2.63 bits per heavy atom. The Morgan fingerprint density at radius 1 is 1.21 bits per heavy atom. The molecule has 0 atom stereocenters. The number of carbonyl (C=O) groups excluding carboxylic acids is 1. The summed E-state index contributed by atoms with van der Waals surface area (Å²) in [5.74, 6) is 0.134. The van der Waals surface area contributed by atoms with E-state index in [4.69, 9.17) is 4.74 Å². The van der Waals surface area contributed by atoms with E-state index in [2.05, 4.69) is 5.32 Å². The van der Waals surface area contributed by atoms with E-state index in [1.165, 1.54) is 19.2 Å². The molecule has 2 N–H and O–H groups in total. The molecule has 0 bridgehead atoms. The Morgan fingerprint density at radius 2 is 1.95 bits per heavy atom. The quantitative estimate of drug-likeness (QED) is 0.883. The van der Waals surface area contributed by atoms with Crippen LogP contribution in [-0.2, 0) is 6.54 Å². The first-order valence-corrected chi connectivity index (χ1v) is 5.90. The van der Waals surface area contributed by atoms with E-state index < -0.39 is 0 Å². The second kappa shape index (κ2) is 5.91. The van der Waals surface area contributed by atoms with Gasteiger partial charge in [0.2, 0.25) is 0 Å². The molecule has 19 heavy (non-hydrogen) atoms. The van der Waals surface area contributed by atoms with Gasteiger partial charge in [-0.05, 0) is 23.8 Å². The summed E-state index contributed by atoms with van der Waals surface area (Å²) >= 11 is 0. The van der Waals surface area contributed by atoms with Gasteiger partial charge in [-0.3, -0.25) is 4.79 Å². The Balaban J connectivity index is 2.08. The van der Waals surface area contributed by atoms with Crippen molar-refractivity contribution in [2.75, 3.05) is 7.11 Å². The first kappa shape index (κ1) is 13.0. The zero-order valence-corrected chi connectivity index (χ0v) is 10.6. The van der Waals surface area contributed by atoms with E-state index in [-0.39, 0.29) is 17.2 Å². The summed E-state index contributed by atoms with van der Waals surface area (Å²) in [5.41, 5.74) is 1.20. The lowest BCUT2D eigenvalue weighted by molar-refractivity contribution is 0.0948. The van der Waals surface area contributed by atoms with Crippen molar-refractivity contribution in [2.24, 2.45) is 0 Å². The highest BCUT2D eigenvalue weighted by atomic mass is 16.5. The van der Waals surface area contributed by atoms with E-state index >= 15 is 0 Å². The molecule has 4 heteroatoms. The topological polar surface area (TPSA) is 58.6 Å². The van der Waals surface area contributed by atoms with Gasteiger partial charge in [-0.15, -0.1) is 0 Å². The summed E-state index contributed by atoms with van der Waals surface area (Å²) in [4.78, 5) is 12.0. The molecule has 0 heterocycles. The van der Waals surface area contributed by atoms with Crippen LogP contribution in [-0.4, -0.2) is 18.1 Å². The summed E-state index contributed by atoms with van der Waals surface area (Å²) in [6.07, 6.45) is 0. The number of carbonyl (C=O) groups is 1. The average Bonchev–Trinajstić information content (AvgIpc) is 2.46. The molecule has 4 nitrogen and oxygen atoms in total. The third kappa shape index (κ3) is 3.25. The summed E-state index contributed by atoms with van der Waals surface area (Å²) in [6, 6.07) is 14.1. The number of ether oxygens (including phenoxy) is 1. The lowest BCUT2D eigenvalue weighted by Gasteiger charge is -2.08. The van der Waals surface area contributed by atoms with Gasteiger partial charge in [0.25, 0.3) is 5.91 Å². The third-order valence-electron chi connectivity index (χ3n) is 2.74. The van der Waals surface area contributed by atoms with E-state index in [1.54, 1.807) is 6.07 Å². The second-order valence-electron chi connectivity index (χ2n) is 4.05. The Kier molecular flexibility index (Phi) is 4.03. The fourth-order valence-corrected chi connectivity index (χ4v) is 1.70. The molecule has 0 spiro atoms. The molecule has 0 saturated heterocycles. The van der Waals surface area contributed by atoms with Gasteiger partial charge in [-0.25, -0.2) is 0 Å². The molecular weight excluding hydrogens is 242 g/mol. The standard InChI is InChI=1S/C15H15NO3/c1-19-12-7-8-14(17)13(9-12)15(18)16-10-11-5-3-2-4-6-11/h2-9,17H,10H2,1H3,(H,16,18). The highest BCUT2D eigenvalue weighted by Crippen LogP contribution is 2.22. The van der Waals surface area contributed by atoms with Crippen molar-refractivity contribution in [1.82, 2.24) is 5.32 Å². The largest absolute Gasteiger partial charge is 0.507 e. The number of hydrogen-bond acceptors (Lipinski definition) is 3. The van der Waals surface area contributed by atoms with Crippen molar-refractivity contribution >= 4 is 5.91 Å². The van der Waals surface area contributed by atoms with Crippen LogP contribution in [0.1, 0.15) is 15.9 Å². The lowest BCUT2D eigenvalue weighted by Crippen LogP contribution is -2.22. The van der Waals surface area contributed by atoms with Gasteiger partial charge in [0.05, 0.1) is 12.7 Å². The summed E-state index contributed by atoms with van der Waals surface area (Å²) in [6.45, 7) is 0.413. The molecule has 0 aliphatic rings. The fourth-order valence-electron chi connectivity index (χ4n) is 1.70. The van der Waals surface area contributed by atoms with Gasteiger partial charge in [0.15, 0.2) is 0 Å². The molecule has 0 radical (unpaired) electrons. The van der Waals surface area contributed by atoms with Gasteiger partial charge >= 0.3 is 0 Å². The maximum atomic E-state index is 12.0. The van der Waals surface area contributed by atoms with E-state index in [0.29, 0.717) is 12.3 Å². The Bertz CT molecular complexity index is 567. The first-order chi connectivity index (χ1) is 9.20. The lowest BCUT2D eigenvalue weighted by atomic mass is 10.1. The van der Waals surface area contributed by atoms with Crippen LogP contribution in [0.5, 0.6) is 11.5 Å². The Labute approximate surface area is 111 Å². The number of aromatic hydroxyl groups is 1. The van der Waals surface area contributed by atoms with E-state index in [1.807, 2.05) is 30.3 Å². The number of amides is 1. The SMILES string of the molecule is COc1ccc(O)c(C(=O)NCc2ccccc2)c1. The van der Waals surface area contributed by atoms with E-state index in [0.717, 1.165) is 5.56 Å². The molecule has 98 valence electrons. The van der Waals surface area contributed by atoms with Crippen LogP contribution < -0.4 is 10.1 Å². The van der Waals surface area contributed by atoms with Crippen molar-refractivity contribution in [2.45, 2.75) is 6.54 Å². The van der Waals surface area contributed by atoms with Crippen LogP contribution in [0.15, 0.2) is 48.5 Å². The average molecular weight is 257 g/mol. The monoisotopic (exact) mass is 257 g/mol. The molecule has 0 saturated carbocycles. The number of benzene rings is 2. The molecule has 1 amide bonds. The minimum atomic E-state index is -0.333. The van der Waals surface area contributed by atoms with Gasteiger partial charge in [0.1, 0.15) is 11.5 Å². The number of phenolic OH excluding ortho intramolecular Hbond substituents is 1. The third-order valence-corrected chi connectivity index (χ3v) is 2.74. The van der Waals surface area contributed by atoms with Crippen molar-refractivity contribution < 1.29 is 14.6 Å². The molecular formula is C15H15NO3. The Hall–Kier alpha value is -2.49. The molecule has 0 fully saturated rings. The zero-order valence-electron chi connectivity index (χ0n) is 10.6. The number of methoxy groups -OCH3 is 1. The summed E-state index contributed by atoms with van der Waals surface area (Å²) < 4.78 is 5.03. The molecule has 2 aromatic rings. The number of rotatable bonds is 4. The normalized spacial score (nSPS) is 9.95. The maximum absolute atomic E-state index is 12.0. The summed E-state index contributed by atoms with van der Waals surface area (Å²) in [7, 11) is 1.51. The fraction of sp³-hybridized carbons (Fsp3) is 0.133. The van der Waals surface area contributed by atoms with Crippen LogP contribution in [0.4, 0.5) is 0 Å². The van der Waals surface area contributed by atoms with Gasteiger partial charge < -0.3 is 15.2 Å². The maximum Gasteiger partial charge on any atom is 0.255 e. The van der Waals surface area contributed by atoms with Gasteiger partial charge in [-0.1, -0.05) is 30.3 Å². The number of phenols is 1. The summed E-state index contributed by atoms with van der Waals surface area (Å²) in [5, 5.41) is 12.4. The number of nitrogens with one attached hydrogen (secondary N) is 1. The molecule has 0 aliphatic heterocycles. The molecule has 0 unspecified atom stereocenters. The van der Waals surface area contributed by atoms with Crippen LogP contribution in [0.3, 0.4) is 0 Å². The molecule has 0 aliphatic carbocycles. The minimum absolute atomic E-state index is 0.0636. The minimum Gasteiger partial charge on any atom is -0.507 e. The van der Waals surface area contributed by atoms with E-state index in [9.17, 15) is 9.90 Å². The predicted octanol–water partition coefficient (Wildman–Crippen LogP) is 2.33. The zero-order chi connectivity index (χ0) is 13.7. The number of hydrogen-bond donors (Lipinski definition) is 2. The molecule has 0 aromatic heterocycles. The smallest absolute Gasteiger partial charge is 0.255 e. The van der Waals surface area contributed by atoms with Crippen LogP contribution >= 0.6 is 0 Å². The highest BCUT2D eigenvalue weighted by Gasteiger charge is 2.11. The van der Waals surface area contributed by atoms with Crippen molar-refractivity contribution in [3.8, 4) is 11.5 Å². The van der Waals surface area contributed by atoms with Crippen molar-refractivity contribution in [3.05, 3.63) is 59.7 Å². The molecule has 2 aromatic carbocycles.